The Morgan fingerprint density at radius 2 is 1.84 bits per heavy atom. The third-order valence-corrected chi connectivity index (χ3v) is 3.72. The Labute approximate surface area is 151 Å². The standard InChI is InChI=1S/C18H20ClN3O3/c1-11(2)16(21-17(23)13-5-7-14(19)8-6-13)18(24)22-20-10-15-9-4-12(3)25-15/h4-11,16H,1-3H3,(H,21,23)(H,22,24). The summed E-state index contributed by atoms with van der Waals surface area (Å²) in [6.07, 6.45) is 1.41. The lowest BCUT2D eigenvalue weighted by molar-refractivity contribution is -0.123. The minimum atomic E-state index is -0.723. The van der Waals surface area contributed by atoms with Gasteiger partial charge in [-0.15, -0.1) is 0 Å². The average molecular weight is 362 g/mol. The fraction of sp³-hybridized carbons (Fsp3) is 0.278. The third-order valence-electron chi connectivity index (χ3n) is 3.47. The molecule has 0 saturated heterocycles. The van der Waals surface area contributed by atoms with Gasteiger partial charge in [0.25, 0.3) is 11.8 Å². The summed E-state index contributed by atoms with van der Waals surface area (Å²) < 4.78 is 5.32. The molecule has 0 aliphatic heterocycles. The number of nitrogens with one attached hydrogen (secondary N) is 2. The van der Waals surface area contributed by atoms with Gasteiger partial charge in [-0.25, -0.2) is 5.43 Å². The number of amides is 2. The molecule has 0 bridgehead atoms. The summed E-state index contributed by atoms with van der Waals surface area (Å²) in [4.78, 5) is 24.6. The molecule has 1 unspecified atom stereocenters. The Balaban J connectivity index is 1.99. The number of furan rings is 1. The van der Waals surface area contributed by atoms with Crippen molar-refractivity contribution >= 4 is 29.6 Å². The molecule has 2 N–H and O–H groups in total. The number of benzene rings is 1. The lowest BCUT2D eigenvalue weighted by atomic mass is 10.0. The van der Waals surface area contributed by atoms with Crippen molar-refractivity contribution in [3.05, 3.63) is 58.5 Å². The Morgan fingerprint density at radius 1 is 1.16 bits per heavy atom. The first kappa shape index (κ1) is 18.7. The summed E-state index contributed by atoms with van der Waals surface area (Å²) in [5, 5.41) is 7.12. The lowest BCUT2D eigenvalue weighted by Gasteiger charge is -2.20. The second kappa shape index (κ2) is 8.48. The molecular formula is C18H20ClN3O3. The lowest BCUT2D eigenvalue weighted by Crippen LogP contribution is -2.48. The molecule has 1 aromatic carbocycles. The van der Waals surface area contributed by atoms with Crippen molar-refractivity contribution < 1.29 is 14.0 Å². The second-order valence-corrected chi connectivity index (χ2v) is 6.32. The van der Waals surface area contributed by atoms with E-state index in [1.165, 1.54) is 6.21 Å². The van der Waals surface area contributed by atoms with Crippen molar-refractivity contribution in [2.24, 2.45) is 11.0 Å². The molecule has 1 atom stereocenters. The van der Waals surface area contributed by atoms with E-state index in [4.69, 9.17) is 16.0 Å². The van der Waals surface area contributed by atoms with Crippen molar-refractivity contribution in [3.8, 4) is 0 Å². The molecule has 2 amide bonds. The van der Waals surface area contributed by atoms with Crippen LogP contribution in [0.25, 0.3) is 0 Å². The van der Waals surface area contributed by atoms with Gasteiger partial charge in [0.2, 0.25) is 0 Å². The number of nitrogens with zero attached hydrogens (tertiary/aromatic N) is 1. The predicted octanol–water partition coefficient (Wildman–Crippen LogP) is 3.15. The van der Waals surface area contributed by atoms with Crippen molar-refractivity contribution in [2.75, 3.05) is 0 Å². The summed E-state index contributed by atoms with van der Waals surface area (Å²) >= 11 is 5.81. The van der Waals surface area contributed by atoms with Crippen molar-refractivity contribution in [1.29, 1.82) is 0 Å². The molecule has 0 spiro atoms. The topological polar surface area (TPSA) is 83.7 Å². The van der Waals surface area contributed by atoms with E-state index in [2.05, 4.69) is 15.8 Å². The molecule has 132 valence electrons. The van der Waals surface area contributed by atoms with Gasteiger partial charge in [-0.1, -0.05) is 25.4 Å². The van der Waals surface area contributed by atoms with E-state index in [1.807, 2.05) is 20.8 Å². The van der Waals surface area contributed by atoms with E-state index in [9.17, 15) is 9.59 Å². The molecule has 6 nitrogen and oxygen atoms in total. The van der Waals surface area contributed by atoms with Gasteiger partial charge in [-0.3, -0.25) is 9.59 Å². The van der Waals surface area contributed by atoms with Crippen LogP contribution in [0, 0.1) is 12.8 Å². The molecule has 0 aliphatic carbocycles. The highest BCUT2D eigenvalue weighted by Gasteiger charge is 2.24. The van der Waals surface area contributed by atoms with Gasteiger partial charge in [-0.05, 0) is 49.2 Å². The van der Waals surface area contributed by atoms with E-state index >= 15 is 0 Å². The molecule has 0 fully saturated rings. The molecule has 2 rings (SSSR count). The number of hydrogen-bond donors (Lipinski definition) is 2. The Kier molecular flexibility index (Phi) is 6.36. The highest BCUT2D eigenvalue weighted by Crippen LogP contribution is 2.11. The molecule has 0 saturated carbocycles. The highest BCUT2D eigenvalue weighted by molar-refractivity contribution is 6.30. The van der Waals surface area contributed by atoms with E-state index in [0.29, 0.717) is 16.3 Å². The fourth-order valence-corrected chi connectivity index (χ4v) is 2.24. The minimum absolute atomic E-state index is 0.114. The Bertz CT molecular complexity index is 766. The number of rotatable bonds is 6. The normalized spacial score (nSPS) is 12.4. The number of carbonyl (C=O) groups is 2. The van der Waals surface area contributed by atoms with Crippen molar-refractivity contribution in [1.82, 2.24) is 10.7 Å². The Hall–Kier alpha value is -2.60. The highest BCUT2D eigenvalue weighted by atomic mass is 35.5. The third kappa shape index (κ3) is 5.46. The fourth-order valence-electron chi connectivity index (χ4n) is 2.11. The van der Waals surface area contributed by atoms with Crippen LogP contribution in [-0.2, 0) is 4.79 Å². The Morgan fingerprint density at radius 3 is 2.40 bits per heavy atom. The zero-order valence-electron chi connectivity index (χ0n) is 14.2. The maximum Gasteiger partial charge on any atom is 0.262 e. The average Bonchev–Trinajstić information content (AvgIpc) is 2.98. The minimum Gasteiger partial charge on any atom is -0.460 e. The summed E-state index contributed by atoms with van der Waals surface area (Å²) in [5.41, 5.74) is 2.85. The summed E-state index contributed by atoms with van der Waals surface area (Å²) in [6.45, 7) is 5.50. The number of hydrogen-bond acceptors (Lipinski definition) is 4. The molecular weight excluding hydrogens is 342 g/mol. The molecule has 0 aliphatic rings. The maximum absolute atomic E-state index is 12.3. The smallest absolute Gasteiger partial charge is 0.262 e. The first-order valence-electron chi connectivity index (χ1n) is 7.82. The number of halogens is 1. The van der Waals surface area contributed by atoms with Gasteiger partial charge in [0.05, 0.1) is 6.21 Å². The van der Waals surface area contributed by atoms with Crippen LogP contribution < -0.4 is 10.7 Å². The quantitative estimate of drug-likeness (QED) is 0.612. The zero-order chi connectivity index (χ0) is 18.4. The van der Waals surface area contributed by atoms with Crippen molar-refractivity contribution in [2.45, 2.75) is 26.8 Å². The van der Waals surface area contributed by atoms with Gasteiger partial charge in [0.1, 0.15) is 17.6 Å². The van der Waals surface area contributed by atoms with Crippen LogP contribution in [0.15, 0.2) is 45.9 Å². The van der Waals surface area contributed by atoms with E-state index in [0.717, 1.165) is 5.76 Å². The summed E-state index contributed by atoms with van der Waals surface area (Å²) in [7, 11) is 0. The monoisotopic (exact) mass is 361 g/mol. The number of carbonyl (C=O) groups excluding carboxylic acids is 2. The maximum atomic E-state index is 12.3. The van der Waals surface area contributed by atoms with Gasteiger partial charge in [0.15, 0.2) is 0 Å². The predicted molar refractivity (Wildman–Crippen MR) is 96.7 cm³/mol. The molecule has 7 heteroatoms. The summed E-state index contributed by atoms with van der Waals surface area (Å²) in [5.74, 6) is 0.414. The van der Waals surface area contributed by atoms with Gasteiger partial charge < -0.3 is 9.73 Å². The van der Waals surface area contributed by atoms with Crippen LogP contribution in [0.2, 0.25) is 5.02 Å². The van der Waals surface area contributed by atoms with E-state index < -0.39 is 11.9 Å². The van der Waals surface area contributed by atoms with Gasteiger partial charge in [0, 0.05) is 10.6 Å². The van der Waals surface area contributed by atoms with Gasteiger partial charge >= 0.3 is 0 Å². The first-order chi connectivity index (χ1) is 11.9. The zero-order valence-corrected chi connectivity index (χ0v) is 15.0. The van der Waals surface area contributed by atoms with E-state index in [-0.39, 0.29) is 11.8 Å². The first-order valence-corrected chi connectivity index (χ1v) is 8.20. The van der Waals surface area contributed by atoms with Gasteiger partial charge in [-0.2, -0.15) is 5.10 Å². The molecule has 1 aromatic heterocycles. The van der Waals surface area contributed by atoms with E-state index in [1.54, 1.807) is 36.4 Å². The molecule has 1 heterocycles. The van der Waals surface area contributed by atoms with Crippen LogP contribution >= 0.6 is 11.6 Å². The molecule has 0 radical (unpaired) electrons. The van der Waals surface area contributed by atoms with Crippen molar-refractivity contribution in [3.63, 3.8) is 0 Å². The number of hydrazone groups is 1. The largest absolute Gasteiger partial charge is 0.460 e. The van der Waals surface area contributed by atoms with Crippen LogP contribution in [0.5, 0.6) is 0 Å². The van der Waals surface area contributed by atoms with Crippen LogP contribution in [0.4, 0.5) is 0 Å². The SMILES string of the molecule is Cc1ccc(C=NNC(=O)C(NC(=O)c2ccc(Cl)cc2)C(C)C)o1. The second-order valence-electron chi connectivity index (χ2n) is 5.88. The van der Waals surface area contributed by atoms with Crippen LogP contribution in [0.3, 0.4) is 0 Å². The van der Waals surface area contributed by atoms with Crippen LogP contribution in [-0.4, -0.2) is 24.1 Å². The molecule has 2 aromatic rings. The number of aryl methyl sites for hydroxylation is 1. The van der Waals surface area contributed by atoms with Crippen LogP contribution in [0.1, 0.15) is 35.7 Å². The molecule has 25 heavy (non-hydrogen) atoms. The summed E-state index contributed by atoms with van der Waals surface area (Å²) in [6, 6.07) is 9.26.